The fourth-order valence-electron chi connectivity index (χ4n) is 0.902. The van der Waals surface area contributed by atoms with Crippen LogP contribution in [0.5, 0.6) is 0 Å². The predicted octanol–water partition coefficient (Wildman–Crippen LogP) is 0.0210. The standard InChI is InChI=1S/C7H9FN2O3S/c1-10(14(8,12)13)5-6-3-2-4-7(11)9-6/h2-4H,5H2,1H3,(H,9,11). The largest absolute Gasteiger partial charge is 0.374 e. The molecule has 14 heavy (non-hydrogen) atoms. The van der Waals surface area contributed by atoms with E-state index in [0.717, 1.165) is 7.05 Å². The lowest BCUT2D eigenvalue weighted by Gasteiger charge is -2.10. The van der Waals surface area contributed by atoms with Crippen LogP contribution in [0.15, 0.2) is 23.0 Å². The number of nitrogens with one attached hydrogen (secondary N) is 1. The number of hydrogen-bond donors (Lipinski definition) is 1. The molecule has 1 aromatic rings. The quantitative estimate of drug-likeness (QED) is 0.730. The Hall–Kier alpha value is -1.21. The highest BCUT2D eigenvalue weighted by atomic mass is 32.3. The molecule has 1 heterocycles. The van der Waals surface area contributed by atoms with Gasteiger partial charge in [-0.05, 0) is 6.07 Å². The first-order valence-electron chi connectivity index (χ1n) is 3.74. The van der Waals surface area contributed by atoms with Gasteiger partial charge in [-0.3, -0.25) is 4.79 Å². The number of hydrogen-bond acceptors (Lipinski definition) is 3. The van der Waals surface area contributed by atoms with Gasteiger partial charge in [-0.1, -0.05) is 9.95 Å². The number of H-pyrrole nitrogens is 1. The molecule has 5 nitrogen and oxygen atoms in total. The molecule has 0 spiro atoms. The molecule has 0 unspecified atom stereocenters. The molecule has 0 aliphatic heterocycles. The second-order valence-electron chi connectivity index (χ2n) is 2.74. The number of nitrogens with zero attached hydrogens (tertiary/aromatic N) is 1. The summed E-state index contributed by atoms with van der Waals surface area (Å²) in [5.74, 6) is 0. The highest BCUT2D eigenvalue weighted by Crippen LogP contribution is 2.03. The van der Waals surface area contributed by atoms with Gasteiger partial charge in [0.05, 0.1) is 6.54 Å². The third kappa shape index (κ3) is 2.93. The van der Waals surface area contributed by atoms with Crippen LogP contribution in [0.3, 0.4) is 0 Å². The van der Waals surface area contributed by atoms with Crippen LogP contribution in [0, 0.1) is 0 Å². The summed E-state index contributed by atoms with van der Waals surface area (Å²) in [7, 11) is -3.62. The highest BCUT2D eigenvalue weighted by Gasteiger charge is 2.15. The zero-order chi connectivity index (χ0) is 10.8. The fourth-order valence-corrected chi connectivity index (χ4v) is 1.20. The maximum atomic E-state index is 12.4. The maximum absolute atomic E-state index is 12.4. The van der Waals surface area contributed by atoms with E-state index in [9.17, 15) is 17.1 Å². The van der Waals surface area contributed by atoms with Gasteiger partial charge in [0.25, 0.3) is 0 Å². The highest BCUT2D eigenvalue weighted by molar-refractivity contribution is 7.83. The van der Waals surface area contributed by atoms with E-state index in [1.807, 2.05) is 0 Å². The number of rotatable bonds is 3. The first kappa shape index (κ1) is 10.9. The smallest absolute Gasteiger partial charge is 0.325 e. The molecule has 0 saturated heterocycles. The van der Waals surface area contributed by atoms with Gasteiger partial charge in [-0.25, -0.2) is 0 Å². The Morgan fingerprint density at radius 1 is 1.50 bits per heavy atom. The minimum absolute atomic E-state index is 0.199. The summed E-state index contributed by atoms with van der Waals surface area (Å²) in [4.78, 5) is 13.2. The third-order valence-electron chi connectivity index (χ3n) is 1.59. The van der Waals surface area contributed by atoms with Crippen LogP contribution in [0.1, 0.15) is 5.69 Å². The van der Waals surface area contributed by atoms with Gasteiger partial charge in [-0.15, -0.1) is 0 Å². The van der Waals surface area contributed by atoms with Crippen LogP contribution in [0.25, 0.3) is 0 Å². The van der Waals surface area contributed by atoms with E-state index in [4.69, 9.17) is 0 Å². The molecule has 7 heteroatoms. The summed E-state index contributed by atoms with van der Waals surface area (Å²) in [6.45, 7) is -0.199. The molecule has 0 saturated carbocycles. The van der Waals surface area contributed by atoms with Crippen molar-refractivity contribution in [3.63, 3.8) is 0 Å². The Kier molecular flexibility index (Phi) is 3.02. The second kappa shape index (κ2) is 3.89. The summed E-state index contributed by atoms with van der Waals surface area (Å²) in [5, 5.41) is 0. The summed E-state index contributed by atoms with van der Waals surface area (Å²) >= 11 is 0. The molecule has 0 aromatic carbocycles. The summed E-state index contributed by atoms with van der Waals surface area (Å²) in [6, 6.07) is 4.25. The number of pyridine rings is 1. The van der Waals surface area contributed by atoms with Crippen molar-refractivity contribution in [2.24, 2.45) is 0 Å². The molecule has 78 valence electrons. The number of halogens is 1. The molecule has 0 aliphatic rings. The lowest BCUT2D eigenvalue weighted by molar-refractivity contribution is 0.425. The molecule has 0 fully saturated rings. The van der Waals surface area contributed by atoms with Crippen molar-refractivity contribution in [3.05, 3.63) is 34.2 Å². The predicted molar refractivity (Wildman–Crippen MR) is 48.6 cm³/mol. The van der Waals surface area contributed by atoms with Crippen LogP contribution in [0.2, 0.25) is 0 Å². The number of aromatic amines is 1. The molecular formula is C7H9FN2O3S. The molecule has 0 atom stereocenters. The third-order valence-corrected chi connectivity index (χ3v) is 2.47. The Labute approximate surface area is 80.5 Å². The average Bonchev–Trinajstić information content (AvgIpc) is 2.02. The maximum Gasteiger partial charge on any atom is 0.374 e. The van der Waals surface area contributed by atoms with Gasteiger partial charge in [0.15, 0.2) is 0 Å². The van der Waals surface area contributed by atoms with Crippen LogP contribution < -0.4 is 5.56 Å². The fraction of sp³-hybridized carbons (Fsp3) is 0.286. The minimum atomic E-state index is -4.70. The van der Waals surface area contributed by atoms with Crippen molar-refractivity contribution in [1.82, 2.24) is 9.29 Å². The van der Waals surface area contributed by atoms with Crippen molar-refractivity contribution in [3.8, 4) is 0 Å². The van der Waals surface area contributed by atoms with E-state index in [2.05, 4.69) is 4.98 Å². The van der Waals surface area contributed by atoms with E-state index in [1.54, 1.807) is 0 Å². The Morgan fingerprint density at radius 2 is 2.14 bits per heavy atom. The number of aromatic nitrogens is 1. The zero-order valence-electron chi connectivity index (χ0n) is 7.40. The Bertz CT molecular complexity index is 468. The van der Waals surface area contributed by atoms with Gasteiger partial charge in [0, 0.05) is 18.8 Å². The second-order valence-corrected chi connectivity index (χ2v) is 4.19. The lowest BCUT2D eigenvalue weighted by Crippen LogP contribution is -2.24. The summed E-state index contributed by atoms with van der Waals surface area (Å²) in [6.07, 6.45) is 0. The van der Waals surface area contributed by atoms with Crippen LogP contribution in [-0.4, -0.2) is 24.8 Å². The van der Waals surface area contributed by atoms with Gasteiger partial charge in [-0.2, -0.15) is 12.7 Å². The van der Waals surface area contributed by atoms with Crippen LogP contribution >= 0.6 is 0 Å². The van der Waals surface area contributed by atoms with E-state index in [1.165, 1.54) is 18.2 Å². The van der Waals surface area contributed by atoms with E-state index in [-0.39, 0.29) is 12.1 Å². The average molecular weight is 220 g/mol. The molecule has 0 radical (unpaired) electrons. The van der Waals surface area contributed by atoms with Crippen molar-refractivity contribution in [2.75, 3.05) is 7.05 Å². The SMILES string of the molecule is CN(Cc1cccc(=O)[nH]1)S(=O)(=O)F. The Morgan fingerprint density at radius 3 is 2.64 bits per heavy atom. The Balaban J connectivity index is 2.85. The zero-order valence-corrected chi connectivity index (χ0v) is 8.21. The van der Waals surface area contributed by atoms with Gasteiger partial charge in [0.2, 0.25) is 5.56 Å². The summed E-state index contributed by atoms with van der Waals surface area (Å²) < 4.78 is 33.6. The van der Waals surface area contributed by atoms with Crippen molar-refractivity contribution in [1.29, 1.82) is 0 Å². The summed E-state index contributed by atoms with van der Waals surface area (Å²) in [5.41, 5.74) is -0.0200. The van der Waals surface area contributed by atoms with E-state index < -0.39 is 10.4 Å². The first-order valence-corrected chi connectivity index (χ1v) is 5.08. The molecule has 1 N–H and O–H groups in total. The molecule has 0 bridgehead atoms. The molecular weight excluding hydrogens is 211 g/mol. The van der Waals surface area contributed by atoms with Gasteiger partial charge >= 0.3 is 10.4 Å². The van der Waals surface area contributed by atoms with Crippen molar-refractivity contribution >= 4 is 10.4 Å². The lowest BCUT2D eigenvalue weighted by atomic mass is 10.3. The normalized spacial score (nSPS) is 11.9. The first-order chi connectivity index (χ1) is 6.39. The molecule has 1 rings (SSSR count). The van der Waals surface area contributed by atoms with Gasteiger partial charge in [0.1, 0.15) is 0 Å². The molecule has 0 aliphatic carbocycles. The van der Waals surface area contributed by atoms with E-state index in [0.29, 0.717) is 10.00 Å². The monoisotopic (exact) mass is 220 g/mol. The topological polar surface area (TPSA) is 70.2 Å². The van der Waals surface area contributed by atoms with Crippen LogP contribution in [0.4, 0.5) is 3.89 Å². The van der Waals surface area contributed by atoms with Crippen LogP contribution in [-0.2, 0) is 17.0 Å². The minimum Gasteiger partial charge on any atom is -0.325 e. The van der Waals surface area contributed by atoms with Gasteiger partial charge < -0.3 is 4.98 Å². The molecule has 0 amide bonds. The van der Waals surface area contributed by atoms with Crippen molar-refractivity contribution < 1.29 is 12.3 Å². The molecule has 1 aromatic heterocycles. The van der Waals surface area contributed by atoms with Crippen molar-refractivity contribution in [2.45, 2.75) is 6.54 Å². The van der Waals surface area contributed by atoms with E-state index >= 15 is 0 Å².